The molecule has 1 heterocycles. The molecule has 0 fully saturated rings. The highest BCUT2D eigenvalue weighted by Crippen LogP contribution is 2.26. The van der Waals surface area contributed by atoms with Gasteiger partial charge in [0.05, 0.1) is 0 Å². The number of hydrogen-bond acceptors (Lipinski definition) is 2. The minimum absolute atomic E-state index is 0.329. The molecule has 1 aliphatic heterocycles. The summed E-state index contributed by atoms with van der Waals surface area (Å²) in [7, 11) is 0. The van der Waals surface area contributed by atoms with E-state index in [0.717, 1.165) is 19.4 Å². The van der Waals surface area contributed by atoms with E-state index in [1.807, 2.05) is 12.1 Å². The van der Waals surface area contributed by atoms with Crippen LogP contribution >= 0.6 is 0 Å². The number of benzene rings is 2. The zero-order valence-corrected chi connectivity index (χ0v) is 10.3. The molecule has 1 aliphatic rings. The van der Waals surface area contributed by atoms with Gasteiger partial charge in [0.2, 0.25) is 0 Å². The summed E-state index contributed by atoms with van der Waals surface area (Å²) in [5, 5.41) is 12.9. The van der Waals surface area contributed by atoms with Crippen molar-refractivity contribution in [1.29, 1.82) is 0 Å². The Hall–Kier alpha value is -1.80. The van der Waals surface area contributed by atoms with Gasteiger partial charge in [-0.1, -0.05) is 36.4 Å². The maximum atomic E-state index is 9.30. The molecule has 0 bridgehead atoms. The van der Waals surface area contributed by atoms with Crippen LogP contribution in [0.5, 0.6) is 5.75 Å². The van der Waals surface area contributed by atoms with E-state index in [1.165, 1.54) is 16.7 Å². The van der Waals surface area contributed by atoms with Crippen molar-refractivity contribution in [1.82, 2.24) is 5.32 Å². The number of aromatic hydroxyl groups is 1. The number of rotatable bonds is 2. The molecule has 0 aromatic heterocycles. The standard InChI is InChI=1S/C16H17NO/c18-14-7-5-12(6-8-14)11-16-15-4-2-1-3-13(15)9-10-17-16/h1-8,16-18H,9-11H2. The van der Waals surface area contributed by atoms with Gasteiger partial charge in [-0.25, -0.2) is 0 Å². The molecule has 1 atom stereocenters. The molecule has 0 saturated heterocycles. The Morgan fingerprint density at radius 2 is 1.83 bits per heavy atom. The monoisotopic (exact) mass is 239 g/mol. The van der Waals surface area contributed by atoms with Gasteiger partial charge in [0.25, 0.3) is 0 Å². The van der Waals surface area contributed by atoms with Gasteiger partial charge in [-0.2, -0.15) is 0 Å². The molecule has 0 spiro atoms. The van der Waals surface area contributed by atoms with Gasteiger partial charge in [0, 0.05) is 6.04 Å². The number of hydrogen-bond donors (Lipinski definition) is 2. The van der Waals surface area contributed by atoms with Crippen molar-refractivity contribution in [3.05, 3.63) is 65.2 Å². The van der Waals surface area contributed by atoms with Crippen LogP contribution in [-0.2, 0) is 12.8 Å². The van der Waals surface area contributed by atoms with Gasteiger partial charge in [-0.3, -0.25) is 0 Å². The van der Waals surface area contributed by atoms with Crippen molar-refractivity contribution in [3.8, 4) is 5.75 Å². The van der Waals surface area contributed by atoms with Crippen LogP contribution < -0.4 is 5.32 Å². The molecule has 2 aromatic rings. The molecular formula is C16H17NO. The van der Waals surface area contributed by atoms with Crippen LogP contribution in [0.25, 0.3) is 0 Å². The molecule has 0 amide bonds. The van der Waals surface area contributed by atoms with Crippen molar-refractivity contribution in [2.75, 3.05) is 6.54 Å². The van der Waals surface area contributed by atoms with E-state index in [0.29, 0.717) is 11.8 Å². The van der Waals surface area contributed by atoms with Crippen molar-refractivity contribution in [2.24, 2.45) is 0 Å². The summed E-state index contributed by atoms with van der Waals surface area (Å²) in [4.78, 5) is 0. The van der Waals surface area contributed by atoms with Crippen LogP contribution in [0.1, 0.15) is 22.7 Å². The Labute approximate surface area is 107 Å². The summed E-state index contributed by atoms with van der Waals surface area (Å²) in [6.45, 7) is 1.04. The molecule has 2 aromatic carbocycles. The van der Waals surface area contributed by atoms with E-state index in [9.17, 15) is 5.11 Å². The molecule has 0 aliphatic carbocycles. The average Bonchev–Trinajstić information content (AvgIpc) is 2.42. The topological polar surface area (TPSA) is 32.3 Å². The van der Waals surface area contributed by atoms with Gasteiger partial charge in [-0.15, -0.1) is 0 Å². The van der Waals surface area contributed by atoms with Gasteiger partial charge in [0.15, 0.2) is 0 Å². The first-order chi connectivity index (χ1) is 8.83. The zero-order chi connectivity index (χ0) is 12.4. The lowest BCUT2D eigenvalue weighted by Gasteiger charge is -2.27. The second-order valence-corrected chi connectivity index (χ2v) is 4.83. The third-order valence-corrected chi connectivity index (χ3v) is 3.59. The van der Waals surface area contributed by atoms with Crippen molar-refractivity contribution in [2.45, 2.75) is 18.9 Å². The molecular weight excluding hydrogens is 222 g/mol. The van der Waals surface area contributed by atoms with Crippen molar-refractivity contribution >= 4 is 0 Å². The van der Waals surface area contributed by atoms with Crippen LogP contribution in [-0.4, -0.2) is 11.7 Å². The van der Waals surface area contributed by atoms with Gasteiger partial charge < -0.3 is 10.4 Å². The first-order valence-electron chi connectivity index (χ1n) is 6.42. The Bertz CT molecular complexity index is 533. The lowest BCUT2D eigenvalue weighted by Crippen LogP contribution is -2.31. The second-order valence-electron chi connectivity index (χ2n) is 4.83. The fraction of sp³-hybridized carbons (Fsp3) is 0.250. The summed E-state index contributed by atoms with van der Waals surface area (Å²) in [6, 6.07) is 16.5. The highest BCUT2D eigenvalue weighted by Gasteiger charge is 2.18. The molecule has 2 heteroatoms. The van der Waals surface area contributed by atoms with E-state index < -0.39 is 0 Å². The quantitative estimate of drug-likeness (QED) is 0.844. The van der Waals surface area contributed by atoms with Crippen LogP contribution in [0.15, 0.2) is 48.5 Å². The van der Waals surface area contributed by atoms with E-state index in [-0.39, 0.29) is 0 Å². The van der Waals surface area contributed by atoms with E-state index in [1.54, 1.807) is 12.1 Å². The van der Waals surface area contributed by atoms with E-state index in [2.05, 4.69) is 29.6 Å². The van der Waals surface area contributed by atoms with Gasteiger partial charge >= 0.3 is 0 Å². The lowest BCUT2D eigenvalue weighted by atomic mass is 9.90. The van der Waals surface area contributed by atoms with E-state index in [4.69, 9.17) is 0 Å². The normalized spacial score (nSPS) is 18.3. The molecule has 2 nitrogen and oxygen atoms in total. The fourth-order valence-corrected chi connectivity index (χ4v) is 2.64. The molecule has 2 N–H and O–H groups in total. The van der Waals surface area contributed by atoms with Crippen LogP contribution in [0.2, 0.25) is 0 Å². The largest absolute Gasteiger partial charge is 0.508 e. The first kappa shape index (κ1) is 11.3. The average molecular weight is 239 g/mol. The predicted octanol–water partition coefficient (Wildman–Crippen LogP) is 2.82. The Morgan fingerprint density at radius 3 is 2.67 bits per heavy atom. The van der Waals surface area contributed by atoms with Crippen LogP contribution in [0.4, 0.5) is 0 Å². The van der Waals surface area contributed by atoms with Crippen molar-refractivity contribution < 1.29 is 5.11 Å². The van der Waals surface area contributed by atoms with Gasteiger partial charge in [-0.05, 0) is 48.2 Å². The summed E-state index contributed by atoms with van der Waals surface area (Å²) >= 11 is 0. The molecule has 1 unspecified atom stereocenters. The zero-order valence-electron chi connectivity index (χ0n) is 10.3. The third kappa shape index (κ3) is 2.24. The molecule has 18 heavy (non-hydrogen) atoms. The maximum Gasteiger partial charge on any atom is 0.115 e. The summed E-state index contributed by atoms with van der Waals surface area (Å²) in [5.41, 5.74) is 4.12. The second kappa shape index (κ2) is 4.83. The Kier molecular flexibility index (Phi) is 3.03. The summed E-state index contributed by atoms with van der Waals surface area (Å²) in [6.07, 6.45) is 2.08. The molecule has 92 valence electrons. The highest BCUT2D eigenvalue weighted by molar-refractivity contribution is 5.34. The maximum absolute atomic E-state index is 9.30. The fourth-order valence-electron chi connectivity index (χ4n) is 2.64. The Morgan fingerprint density at radius 1 is 1.06 bits per heavy atom. The number of phenols is 1. The van der Waals surface area contributed by atoms with Gasteiger partial charge in [0.1, 0.15) is 5.75 Å². The number of nitrogens with one attached hydrogen (secondary N) is 1. The van der Waals surface area contributed by atoms with E-state index >= 15 is 0 Å². The SMILES string of the molecule is Oc1ccc(CC2NCCc3ccccc32)cc1. The highest BCUT2D eigenvalue weighted by atomic mass is 16.3. The number of phenolic OH excluding ortho intramolecular Hbond substituents is 1. The van der Waals surface area contributed by atoms with Crippen molar-refractivity contribution in [3.63, 3.8) is 0 Å². The molecule has 3 rings (SSSR count). The predicted molar refractivity (Wildman–Crippen MR) is 72.7 cm³/mol. The minimum Gasteiger partial charge on any atom is -0.508 e. The minimum atomic E-state index is 0.329. The summed E-state index contributed by atoms with van der Waals surface area (Å²) in [5.74, 6) is 0.329. The van der Waals surface area contributed by atoms with Crippen LogP contribution in [0.3, 0.4) is 0 Å². The Balaban J connectivity index is 1.84. The first-order valence-corrected chi connectivity index (χ1v) is 6.42. The molecule has 0 radical (unpaired) electrons. The molecule has 0 saturated carbocycles. The third-order valence-electron chi connectivity index (χ3n) is 3.59. The smallest absolute Gasteiger partial charge is 0.115 e. The number of fused-ring (bicyclic) bond motifs is 1. The summed E-state index contributed by atoms with van der Waals surface area (Å²) < 4.78 is 0. The lowest BCUT2D eigenvalue weighted by molar-refractivity contribution is 0.474. The van der Waals surface area contributed by atoms with Crippen LogP contribution in [0, 0.1) is 0 Å².